The monoisotopic (exact) mass is 286 g/mol. The first kappa shape index (κ1) is 13.9. The Morgan fingerprint density at radius 2 is 1.40 bits per heavy atom. The molecular weight excluding hydrogens is 280 g/mol. The average Bonchev–Trinajstić information content (AvgIpc) is 2.42. The van der Waals surface area contributed by atoms with Crippen LogP contribution in [0.15, 0.2) is 30.3 Å². The summed E-state index contributed by atoms with van der Waals surface area (Å²) < 4.78 is 58.7. The number of benzene rings is 2. The number of carboxylic acid groups (broad SMARTS) is 1. The molecule has 0 heterocycles. The van der Waals surface area contributed by atoms with Crippen molar-refractivity contribution in [3.8, 4) is 11.5 Å². The number of ether oxygens (including phenoxy) is 1. The first-order valence-electron chi connectivity index (χ1n) is 5.25. The second-order valence-electron chi connectivity index (χ2n) is 3.68. The standard InChI is InChI=1S/C13H6F4O3/c14-8-7(13(18)19)9(15)11(17)12(10(8)16)20-6-4-2-1-3-5-6/h1-5H,(H,18,19). The second-order valence-corrected chi connectivity index (χ2v) is 3.68. The van der Waals surface area contributed by atoms with Crippen molar-refractivity contribution in [2.24, 2.45) is 0 Å². The van der Waals surface area contributed by atoms with E-state index in [0.717, 1.165) is 0 Å². The number of para-hydroxylation sites is 1. The molecule has 0 saturated carbocycles. The van der Waals surface area contributed by atoms with E-state index in [1.165, 1.54) is 24.3 Å². The molecule has 3 nitrogen and oxygen atoms in total. The van der Waals surface area contributed by atoms with Gasteiger partial charge in [-0.3, -0.25) is 0 Å². The Hall–Kier alpha value is -2.57. The lowest BCUT2D eigenvalue weighted by Crippen LogP contribution is -2.11. The Bertz CT molecular complexity index is 642. The van der Waals surface area contributed by atoms with Gasteiger partial charge in [-0.1, -0.05) is 18.2 Å². The van der Waals surface area contributed by atoms with Crippen LogP contribution in [0.1, 0.15) is 10.4 Å². The van der Waals surface area contributed by atoms with Gasteiger partial charge in [0.15, 0.2) is 11.6 Å². The molecule has 2 rings (SSSR count). The number of hydrogen-bond acceptors (Lipinski definition) is 2. The van der Waals surface area contributed by atoms with Gasteiger partial charge in [0, 0.05) is 0 Å². The van der Waals surface area contributed by atoms with Crippen LogP contribution in [0, 0.1) is 23.3 Å². The fraction of sp³-hybridized carbons (Fsp3) is 0. The molecule has 0 aliphatic rings. The Labute approximate surface area is 110 Å². The first-order valence-corrected chi connectivity index (χ1v) is 5.25. The Balaban J connectivity index is 2.58. The zero-order valence-corrected chi connectivity index (χ0v) is 9.66. The molecule has 2 aromatic rings. The molecule has 1 N–H and O–H groups in total. The zero-order valence-electron chi connectivity index (χ0n) is 9.66. The Morgan fingerprint density at radius 1 is 0.900 bits per heavy atom. The number of carboxylic acids is 1. The van der Waals surface area contributed by atoms with Gasteiger partial charge in [-0.25, -0.2) is 13.6 Å². The van der Waals surface area contributed by atoms with E-state index in [-0.39, 0.29) is 5.75 Å². The summed E-state index contributed by atoms with van der Waals surface area (Å²) in [6, 6.07) is 7.15. The van der Waals surface area contributed by atoms with E-state index in [9.17, 15) is 22.4 Å². The fourth-order valence-corrected chi connectivity index (χ4v) is 1.50. The molecule has 104 valence electrons. The minimum Gasteiger partial charge on any atom is -0.477 e. The van der Waals surface area contributed by atoms with Crippen molar-refractivity contribution in [3.05, 3.63) is 59.2 Å². The van der Waals surface area contributed by atoms with Crippen molar-refractivity contribution < 1.29 is 32.2 Å². The highest BCUT2D eigenvalue weighted by atomic mass is 19.2. The predicted octanol–water partition coefficient (Wildman–Crippen LogP) is 3.73. The summed E-state index contributed by atoms with van der Waals surface area (Å²) in [7, 11) is 0. The highest BCUT2D eigenvalue weighted by molar-refractivity contribution is 5.88. The average molecular weight is 286 g/mol. The molecule has 0 fully saturated rings. The number of rotatable bonds is 3. The van der Waals surface area contributed by atoms with Gasteiger partial charge in [0.2, 0.25) is 17.4 Å². The SMILES string of the molecule is O=C(O)c1c(F)c(F)c(Oc2ccccc2)c(F)c1F. The number of halogens is 4. The van der Waals surface area contributed by atoms with Gasteiger partial charge in [-0.05, 0) is 12.1 Å². The van der Waals surface area contributed by atoms with Crippen molar-refractivity contribution in [1.82, 2.24) is 0 Å². The van der Waals surface area contributed by atoms with Crippen LogP contribution in [0.4, 0.5) is 17.6 Å². The number of hydrogen-bond donors (Lipinski definition) is 1. The van der Waals surface area contributed by atoms with Crippen LogP contribution < -0.4 is 4.74 Å². The summed E-state index contributed by atoms with van der Waals surface area (Å²) in [6.07, 6.45) is 0. The van der Waals surface area contributed by atoms with Crippen molar-refractivity contribution >= 4 is 5.97 Å². The van der Waals surface area contributed by atoms with E-state index in [2.05, 4.69) is 0 Å². The fourth-order valence-electron chi connectivity index (χ4n) is 1.50. The summed E-state index contributed by atoms with van der Waals surface area (Å²) in [6.45, 7) is 0. The molecular formula is C13H6F4O3. The van der Waals surface area contributed by atoms with Crippen molar-refractivity contribution in [1.29, 1.82) is 0 Å². The van der Waals surface area contributed by atoms with Crippen LogP contribution in [0.2, 0.25) is 0 Å². The number of aromatic carboxylic acids is 1. The molecule has 2 aromatic carbocycles. The molecule has 0 amide bonds. The molecule has 0 spiro atoms. The van der Waals surface area contributed by atoms with E-state index in [1.54, 1.807) is 6.07 Å². The Morgan fingerprint density at radius 3 is 1.85 bits per heavy atom. The summed E-state index contributed by atoms with van der Waals surface area (Å²) in [5, 5.41) is 8.52. The van der Waals surface area contributed by atoms with Gasteiger partial charge in [0.25, 0.3) is 0 Å². The van der Waals surface area contributed by atoms with Crippen LogP contribution in [-0.4, -0.2) is 11.1 Å². The third-order valence-corrected chi connectivity index (χ3v) is 2.40. The molecule has 0 saturated heterocycles. The minimum atomic E-state index is -2.12. The molecule has 20 heavy (non-hydrogen) atoms. The summed E-state index contributed by atoms with van der Waals surface area (Å²) in [4.78, 5) is 10.6. The van der Waals surface area contributed by atoms with E-state index < -0.39 is 40.6 Å². The van der Waals surface area contributed by atoms with Crippen molar-refractivity contribution in [3.63, 3.8) is 0 Å². The normalized spacial score (nSPS) is 10.4. The van der Waals surface area contributed by atoms with Gasteiger partial charge in [-0.15, -0.1) is 0 Å². The van der Waals surface area contributed by atoms with E-state index in [4.69, 9.17) is 9.84 Å². The van der Waals surface area contributed by atoms with Gasteiger partial charge in [0.1, 0.15) is 11.3 Å². The largest absolute Gasteiger partial charge is 0.477 e. The molecule has 0 aliphatic carbocycles. The van der Waals surface area contributed by atoms with Gasteiger partial charge in [0.05, 0.1) is 0 Å². The van der Waals surface area contributed by atoms with Crippen LogP contribution in [-0.2, 0) is 0 Å². The second kappa shape index (κ2) is 5.20. The van der Waals surface area contributed by atoms with Crippen LogP contribution in [0.3, 0.4) is 0 Å². The molecule has 0 radical (unpaired) electrons. The molecule has 0 atom stereocenters. The quantitative estimate of drug-likeness (QED) is 0.690. The predicted molar refractivity (Wildman–Crippen MR) is 59.7 cm³/mol. The molecule has 0 unspecified atom stereocenters. The maximum Gasteiger partial charge on any atom is 0.341 e. The van der Waals surface area contributed by atoms with E-state index in [1.807, 2.05) is 0 Å². The summed E-state index contributed by atoms with van der Waals surface area (Å²) >= 11 is 0. The summed E-state index contributed by atoms with van der Waals surface area (Å²) in [5.41, 5.74) is -1.71. The molecule has 7 heteroatoms. The third kappa shape index (κ3) is 2.29. The smallest absolute Gasteiger partial charge is 0.341 e. The maximum absolute atomic E-state index is 13.6. The Kier molecular flexibility index (Phi) is 3.60. The van der Waals surface area contributed by atoms with Crippen LogP contribution in [0.5, 0.6) is 11.5 Å². The van der Waals surface area contributed by atoms with Crippen LogP contribution in [0.25, 0.3) is 0 Å². The van der Waals surface area contributed by atoms with Crippen molar-refractivity contribution in [2.45, 2.75) is 0 Å². The highest BCUT2D eigenvalue weighted by Crippen LogP contribution is 2.33. The number of carbonyl (C=O) groups is 1. The van der Waals surface area contributed by atoms with Gasteiger partial charge in [-0.2, -0.15) is 8.78 Å². The van der Waals surface area contributed by atoms with Crippen LogP contribution >= 0.6 is 0 Å². The molecule has 0 bridgehead atoms. The van der Waals surface area contributed by atoms with E-state index >= 15 is 0 Å². The topological polar surface area (TPSA) is 46.5 Å². The lowest BCUT2D eigenvalue weighted by molar-refractivity contribution is 0.0683. The lowest BCUT2D eigenvalue weighted by Gasteiger charge is -2.10. The van der Waals surface area contributed by atoms with E-state index in [0.29, 0.717) is 0 Å². The lowest BCUT2D eigenvalue weighted by atomic mass is 10.1. The summed E-state index contributed by atoms with van der Waals surface area (Å²) in [5.74, 6) is -11.4. The van der Waals surface area contributed by atoms with Gasteiger partial charge < -0.3 is 9.84 Å². The third-order valence-electron chi connectivity index (χ3n) is 2.40. The zero-order chi connectivity index (χ0) is 14.9. The maximum atomic E-state index is 13.6. The highest BCUT2D eigenvalue weighted by Gasteiger charge is 2.30. The molecule has 0 aromatic heterocycles. The van der Waals surface area contributed by atoms with Gasteiger partial charge >= 0.3 is 5.97 Å². The minimum absolute atomic E-state index is 0.0628. The first-order chi connectivity index (χ1) is 9.43. The van der Waals surface area contributed by atoms with Crippen molar-refractivity contribution in [2.75, 3.05) is 0 Å². The molecule has 0 aliphatic heterocycles.